The van der Waals surface area contributed by atoms with E-state index in [1.165, 1.54) is 0 Å². The Kier molecular flexibility index (Phi) is 2.00. The van der Waals surface area contributed by atoms with Crippen molar-refractivity contribution in [3.8, 4) is 0 Å². The third-order valence-electron chi connectivity index (χ3n) is 2.31. The normalized spacial score (nSPS) is 39.1. The number of thioether (sulfide) groups is 1. The molecule has 0 amide bonds. The zero-order chi connectivity index (χ0) is 8.60. The van der Waals surface area contributed by atoms with E-state index in [-0.39, 0.29) is 11.7 Å². The van der Waals surface area contributed by atoms with Gasteiger partial charge in [0.1, 0.15) is 11.4 Å². The maximum Gasteiger partial charge on any atom is 0.139 e. The van der Waals surface area contributed by atoms with Crippen molar-refractivity contribution in [3.05, 3.63) is 12.2 Å². The van der Waals surface area contributed by atoms with E-state index in [9.17, 15) is 4.79 Å². The van der Waals surface area contributed by atoms with Gasteiger partial charge < -0.3 is 4.74 Å². The van der Waals surface area contributed by atoms with E-state index in [4.69, 9.17) is 4.74 Å². The summed E-state index contributed by atoms with van der Waals surface area (Å²) in [6, 6.07) is 0. The molecule has 12 heavy (non-hydrogen) atoms. The Labute approximate surface area is 76.4 Å². The number of ketones is 1. The molecule has 0 saturated carbocycles. The van der Waals surface area contributed by atoms with Gasteiger partial charge in [0.05, 0.1) is 6.10 Å². The SMILES string of the molecule is CSC[C@]12C=C[C@H](CC(=O)C1)O2. The van der Waals surface area contributed by atoms with Crippen molar-refractivity contribution >= 4 is 17.5 Å². The summed E-state index contributed by atoms with van der Waals surface area (Å²) in [7, 11) is 0. The monoisotopic (exact) mass is 184 g/mol. The molecule has 1 fully saturated rings. The number of fused-ring (bicyclic) bond motifs is 2. The van der Waals surface area contributed by atoms with Crippen LogP contribution in [-0.2, 0) is 9.53 Å². The molecule has 2 nitrogen and oxygen atoms in total. The van der Waals surface area contributed by atoms with E-state index >= 15 is 0 Å². The Morgan fingerprint density at radius 1 is 1.83 bits per heavy atom. The molecular formula is C9H12O2S. The zero-order valence-corrected chi connectivity index (χ0v) is 7.89. The fourth-order valence-corrected chi connectivity index (χ4v) is 2.64. The fourth-order valence-electron chi connectivity index (χ4n) is 1.88. The molecule has 0 aromatic carbocycles. The van der Waals surface area contributed by atoms with Gasteiger partial charge in [-0.1, -0.05) is 12.2 Å². The summed E-state index contributed by atoms with van der Waals surface area (Å²) in [6.07, 6.45) is 7.35. The third-order valence-corrected chi connectivity index (χ3v) is 3.09. The van der Waals surface area contributed by atoms with E-state index in [1.807, 2.05) is 12.3 Å². The molecule has 0 aromatic heterocycles. The molecule has 1 saturated heterocycles. The Balaban J connectivity index is 2.15. The average Bonchev–Trinajstić information content (AvgIpc) is 2.27. The van der Waals surface area contributed by atoms with Crippen molar-refractivity contribution in [1.29, 1.82) is 0 Å². The van der Waals surface area contributed by atoms with Gasteiger partial charge in [0.2, 0.25) is 0 Å². The quantitative estimate of drug-likeness (QED) is 0.607. The summed E-state index contributed by atoms with van der Waals surface area (Å²) in [5, 5.41) is 0. The highest BCUT2D eigenvalue weighted by molar-refractivity contribution is 7.98. The number of rotatable bonds is 2. The maximum absolute atomic E-state index is 11.3. The van der Waals surface area contributed by atoms with Gasteiger partial charge in [-0.3, -0.25) is 4.79 Å². The lowest BCUT2D eigenvalue weighted by atomic mass is 9.97. The first kappa shape index (κ1) is 8.32. The lowest BCUT2D eigenvalue weighted by molar-refractivity contribution is -0.134. The number of ether oxygens (including phenoxy) is 1. The molecule has 2 aliphatic rings. The van der Waals surface area contributed by atoms with Crippen molar-refractivity contribution in [2.45, 2.75) is 24.5 Å². The second-order valence-electron chi connectivity index (χ2n) is 3.43. The number of hydrogen-bond donors (Lipinski definition) is 0. The first-order valence-electron chi connectivity index (χ1n) is 4.12. The molecule has 0 spiro atoms. The molecule has 3 heteroatoms. The summed E-state index contributed by atoms with van der Waals surface area (Å²) < 4.78 is 5.74. The molecule has 0 unspecified atom stereocenters. The summed E-state index contributed by atoms with van der Waals surface area (Å²) in [4.78, 5) is 11.3. The lowest BCUT2D eigenvalue weighted by Crippen LogP contribution is -2.40. The van der Waals surface area contributed by atoms with Crippen LogP contribution in [0, 0.1) is 0 Å². The highest BCUT2D eigenvalue weighted by Gasteiger charge is 2.42. The average molecular weight is 184 g/mol. The molecule has 2 atom stereocenters. The first-order valence-corrected chi connectivity index (χ1v) is 5.51. The smallest absolute Gasteiger partial charge is 0.139 e. The Hall–Kier alpha value is -0.280. The zero-order valence-electron chi connectivity index (χ0n) is 7.08. The van der Waals surface area contributed by atoms with E-state index in [0.717, 1.165) is 5.75 Å². The van der Waals surface area contributed by atoms with Gasteiger partial charge in [-0.25, -0.2) is 0 Å². The lowest BCUT2D eigenvalue weighted by Gasteiger charge is -2.31. The second-order valence-corrected chi connectivity index (χ2v) is 4.30. The molecule has 2 heterocycles. The van der Waals surface area contributed by atoms with E-state index in [0.29, 0.717) is 18.6 Å². The van der Waals surface area contributed by atoms with E-state index < -0.39 is 0 Å². The number of Topliss-reactive ketones (excluding diaryl/α,β-unsaturated/α-hetero) is 1. The van der Waals surface area contributed by atoms with Crippen molar-refractivity contribution < 1.29 is 9.53 Å². The van der Waals surface area contributed by atoms with Crippen molar-refractivity contribution in [2.75, 3.05) is 12.0 Å². The van der Waals surface area contributed by atoms with Gasteiger partial charge in [-0.05, 0) is 6.26 Å². The minimum atomic E-state index is -0.251. The third kappa shape index (κ3) is 1.31. The molecule has 0 aromatic rings. The highest BCUT2D eigenvalue weighted by atomic mass is 32.2. The number of carbonyl (C=O) groups is 1. The molecule has 2 rings (SSSR count). The summed E-state index contributed by atoms with van der Waals surface area (Å²) in [6.45, 7) is 0. The summed E-state index contributed by atoms with van der Waals surface area (Å²) in [5.41, 5.74) is -0.251. The van der Waals surface area contributed by atoms with Crippen LogP contribution in [0.3, 0.4) is 0 Å². The van der Waals surface area contributed by atoms with Gasteiger partial charge in [-0.2, -0.15) is 11.8 Å². The van der Waals surface area contributed by atoms with Crippen LogP contribution in [0.25, 0.3) is 0 Å². The van der Waals surface area contributed by atoms with Crippen LogP contribution in [0.15, 0.2) is 12.2 Å². The van der Waals surface area contributed by atoms with Gasteiger partial charge in [0.25, 0.3) is 0 Å². The summed E-state index contributed by atoms with van der Waals surface area (Å²) in [5.74, 6) is 1.23. The van der Waals surface area contributed by atoms with Crippen molar-refractivity contribution in [1.82, 2.24) is 0 Å². The first-order chi connectivity index (χ1) is 5.74. The van der Waals surface area contributed by atoms with Crippen molar-refractivity contribution in [3.63, 3.8) is 0 Å². The predicted molar refractivity (Wildman–Crippen MR) is 49.4 cm³/mol. The minimum Gasteiger partial charge on any atom is -0.362 e. The number of carbonyl (C=O) groups excluding carboxylic acids is 1. The van der Waals surface area contributed by atoms with Crippen LogP contribution in [0.4, 0.5) is 0 Å². The Morgan fingerprint density at radius 3 is 3.42 bits per heavy atom. The maximum atomic E-state index is 11.3. The molecule has 2 bridgehead atoms. The van der Waals surface area contributed by atoms with Crippen LogP contribution < -0.4 is 0 Å². The molecule has 0 N–H and O–H groups in total. The topological polar surface area (TPSA) is 26.3 Å². The van der Waals surface area contributed by atoms with Crippen molar-refractivity contribution in [2.24, 2.45) is 0 Å². The predicted octanol–water partition coefficient (Wildman–Crippen LogP) is 1.41. The second kappa shape index (κ2) is 2.89. The van der Waals surface area contributed by atoms with Gasteiger partial charge in [0.15, 0.2) is 0 Å². The largest absolute Gasteiger partial charge is 0.362 e. The highest BCUT2D eigenvalue weighted by Crippen LogP contribution is 2.36. The molecule has 0 radical (unpaired) electrons. The standard InChI is InChI=1S/C9H12O2S/c1-12-6-9-3-2-8(11-9)4-7(10)5-9/h2-3,8H,4-6H2,1H3/t8-,9+/m1/s1. The molecule has 0 aliphatic carbocycles. The van der Waals surface area contributed by atoms with Crippen LogP contribution in [-0.4, -0.2) is 29.5 Å². The fraction of sp³-hybridized carbons (Fsp3) is 0.667. The Morgan fingerprint density at radius 2 is 2.67 bits per heavy atom. The molecule has 2 aliphatic heterocycles. The summed E-state index contributed by atoms with van der Waals surface area (Å²) >= 11 is 1.73. The molecular weight excluding hydrogens is 172 g/mol. The Bertz CT molecular complexity index is 237. The van der Waals surface area contributed by atoms with Crippen LogP contribution >= 0.6 is 11.8 Å². The van der Waals surface area contributed by atoms with Gasteiger partial charge in [-0.15, -0.1) is 0 Å². The minimum absolute atomic E-state index is 0.0680. The molecule has 66 valence electrons. The van der Waals surface area contributed by atoms with Crippen LogP contribution in [0.1, 0.15) is 12.8 Å². The van der Waals surface area contributed by atoms with E-state index in [2.05, 4.69) is 6.08 Å². The number of hydrogen-bond acceptors (Lipinski definition) is 3. The van der Waals surface area contributed by atoms with Crippen LogP contribution in [0.5, 0.6) is 0 Å². The van der Waals surface area contributed by atoms with Gasteiger partial charge in [0, 0.05) is 18.6 Å². The van der Waals surface area contributed by atoms with E-state index in [1.54, 1.807) is 11.8 Å². The van der Waals surface area contributed by atoms with Gasteiger partial charge >= 0.3 is 0 Å². The van der Waals surface area contributed by atoms with Crippen LogP contribution in [0.2, 0.25) is 0 Å².